The number of anilines is 1. The van der Waals surface area contributed by atoms with Crippen molar-refractivity contribution < 1.29 is 13.2 Å². The fourth-order valence-electron chi connectivity index (χ4n) is 3.48. The second-order valence-electron chi connectivity index (χ2n) is 6.94. The van der Waals surface area contributed by atoms with Crippen LogP contribution in [-0.4, -0.2) is 36.7 Å². The van der Waals surface area contributed by atoms with E-state index in [1.165, 1.54) is 28.6 Å². The van der Waals surface area contributed by atoms with Gasteiger partial charge in [0, 0.05) is 30.2 Å². The summed E-state index contributed by atoms with van der Waals surface area (Å²) in [7, 11) is -3.52. The number of pyridine rings is 1. The number of halogens is 1. The molecule has 0 unspecified atom stereocenters. The summed E-state index contributed by atoms with van der Waals surface area (Å²) in [5.41, 5.74) is 1.57. The van der Waals surface area contributed by atoms with Gasteiger partial charge >= 0.3 is 0 Å². The van der Waals surface area contributed by atoms with Crippen molar-refractivity contribution >= 4 is 44.1 Å². The van der Waals surface area contributed by atoms with E-state index in [0.29, 0.717) is 34.9 Å². The molecule has 1 aliphatic rings. The second-order valence-corrected chi connectivity index (χ2v) is 9.28. The van der Waals surface area contributed by atoms with Gasteiger partial charge in [0.25, 0.3) is 5.91 Å². The summed E-state index contributed by atoms with van der Waals surface area (Å²) in [6, 6.07) is 13.1. The largest absolute Gasteiger partial charge is 0.321 e. The Balaban J connectivity index is 1.55. The molecule has 1 aliphatic heterocycles. The molecule has 150 valence electrons. The van der Waals surface area contributed by atoms with Crippen molar-refractivity contribution in [2.24, 2.45) is 0 Å². The lowest BCUT2D eigenvalue weighted by atomic mass is 10.1. The molecule has 0 aliphatic carbocycles. The van der Waals surface area contributed by atoms with E-state index in [-0.39, 0.29) is 10.8 Å². The number of benzene rings is 2. The predicted molar refractivity (Wildman–Crippen MR) is 114 cm³/mol. The summed E-state index contributed by atoms with van der Waals surface area (Å²) in [5.74, 6) is -0.334. The highest BCUT2D eigenvalue weighted by molar-refractivity contribution is 7.89. The predicted octanol–water partition coefficient (Wildman–Crippen LogP) is 4.32. The average molecular weight is 430 g/mol. The third-order valence-electron chi connectivity index (χ3n) is 5.04. The van der Waals surface area contributed by atoms with Crippen molar-refractivity contribution in [3.8, 4) is 0 Å². The molecule has 2 aromatic carbocycles. The molecule has 0 bridgehead atoms. The van der Waals surface area contributed by atoms with Crippen LogP contribution >= 0.6 is 11.6 Å². The number of aromatic nitrogens is 1. The third kappa shape index (κ3) is 3.99. The number of hydrogen-bond acceptors (Lipinski definition) is 4. The van der Waals surface area contributed by atoms with E-state index in [1.807, 2.05) is 6.07 Å². The number of nitrogens with zero attached hydrogens (tertiary/aromatic N) is 2. The maximum atomic E-state index is 12.7. The van der Waals surface area contributed by atoms with Gasteiger partial charge in [-0.1, -0.05) is 30.2 Å². The van der Waals surface area contributed by atoms with E-state index in [2.05, 4.69) is 10.3 Å². The lowest BCUT2D eigenvalue weighted by Gasteiger charge is -2.25. The number of carbonyl (C=O) groups is 1. The van der Waals surface area contributed by atoms with Crippen LogP contribution in [0.2, 0.25) is 5.02 Å². The molecular weight excluding hydrogens is 410 g/mol. The van der Waals surface area contributed by atoms with Crippen molar-refractivity contribution in [2.75, 3.05) is 18.4 Å². The van der Waals surface area contributed by atoms with Gasteiger partial charge in [-0.15, -0.1) is 0 Å². The van der Waals surface area contributed by atoms with Crippen LogP contribution in [0.25, 0.3) is 10.9 Å². The Kier molecular flexibility index (Phi) is 5.54. The maximum Gasteiger partial charge on any atom is 0.255 e. The van der Waals surface area contributed by atoms with Gasteiger partial charge in [-0.25, -0.2) is 8.42 Å². The zero-order chi connectivity index (χ0) is 20.4. The lowest BCUT2D eigenvalue weighted by molar-refractivity contribution is 0.102. The molecule has 4 rings (SSSR count). The standard InChI is InChI=1S/C21H20ClN3O3S/c22-18-6-4-5-17-19(11-12-23-20(17)18)24-21(26)15-7-9-16(10-8-15)29(27,28)25-13-2-1-3-14-25/h4-12H,1-3,13-14H2,(H,23,24,26). The molecule has 1 saturated heterocycles. The minimum Gasteiger partial charge on any atom is -0.321 e. The molecule has 8 heteroatoms. The highest BCUT2D eigenvalue weighted by Crippen LogP contribution is 2.27. The Bertz CT molecular complexity index is 1160. The van der Waals surface area contributed by atoms with Crippen LogP contribution in [0.15, 0.2) is 59.6 Å². The molecule has 6 nitrogen and oxygen atoms in total. The summed E-state index contributed by atoms with van der Waals surface area (Å²) < 4.78 is 27.0. The van der Waals surface area contributed by atoms with Gasteiger partial charge in [-0.3, -0.25) is 9.78 Å². The van der Waals surface area contributed by atoms with Gasteiger partial charge in [0.1, 0.15) is 0 Å². The van der Waals surface area contributed by atoms with Crippen LogP contribution in [-0.2, 0) is 10.0 Å². The first-order valence-electron chi connectivity index (χ1n) is 9.41. The summed E-state index contributed by atoms with van der Waals surface area (Å²) in [6.45, 7) is 1.09. The number of rotatable bonds is 4. The molecule has 29 heavy (non-hydrogen) atoms. The summed E-state index contributed by atoms with van der Waals surface area (Å²) >= 11 is 6.17. The van der Waals surface area contributed by atoms with Crippen LogP contribution < -0.4 is 5.32 Å². The first-order valence-corrected chi connectivity index (χ1v) is 11.2. The summed E-state index contributed by atoms with van der Waals surface area (Å²) in [4.78, 5) is 17.1. The van der Waals surface area contributed by atoms with Crippen molar-refractivity contribution in [3.63, 3.8) is 0 Å². The van der Waals surface area contributed by atoms with Gasteiger partial charge in [-0.05, 0) is 49.2 Å². The molecule has 1 N–H and O–H groups in total. The fraction of sp³-hybridized carbons (Fsp3) is 0.238. The van der Waals surface area contributed by atoms with Gasteiger partial charge in [0.2, 0.25) is 10.0 Å². The van der Waals surface area contributed by atoms with E-state index in [0.717, 1.165) is 24.6 Å². The van der Waals surface area contributed by atoms with Gasteiger partial charge < -0.3 is 5.32 Å². The van der Waals surface area contributed by atoms with Crippen molar-refractivity contribution in [1.29, 1.82) is 0 Å². The lowest BCUT2D eigenvalue weighted by Crippen LogP contribution is -2.35. The molecular formula is C21H20ClN3O3S. The number of para-hydroxylation sites is 1. The number of hydrogen-bond donors (Lipinski definition) is 1. The second kappa shape index (κ2) is 8.10. The first kappa shape index (κ1) is 19.8. The summed E-state index contributed by atoms with van der Waals surface area (Å²) in [5, 5.41) is 4.09. The smallest absolute Gasteiger partial charge is 0.255 e. The zero-order valence-electron chi connectivity index (χ0n) is 15.6. The van der Waals surface area contributed by atoms with Crippen molar-refractivity contribution in [3.05, 3.63) is 65.3 Å². The van der Waals surface area contributed by atoms with Crippen LogP contribution in [0.4, 0.5) is 5.69 Å². The van der Waals surface area contributed by atoms with Crippen molar-refractivity contribution in [2.45, 2.75) is 24.2 Å². The number of amides is 1. The minimum atomic E-state index is -3.52. The van der Waals surface area contributed by atoms with Gasteiger partial charge in [-0.2, -0.15) is 4.31 Å². The normalized spacial score (nSPS) is 15.3. The number of carbonyl (C=O) groups excluding carboxylic acids is 1. The zero-order valence-corrected chi connectivity index (χ0v) is 17.2. The van der Waals surface area contributed by atoms with Gasteiger partial charge in [0.15, 0.2) is 0 Å². The Hall–Kier alpha value is -2.48. The van der Waals surface area contributed by atoms with E-state index >= 15 is 0 Å². The highest BCUT2D eigenvalue weighted by Gasteiger charge is 2.26. The Labute approximate surface area is 174 Å². The molecule has 0 radical (unpaired) electrons. The fourth-order valence-corrected chi connectivity index (χ4v) is 5.22. The van der Waals surface area contributed by atoms with E-state index in [4.69, 9.17) is 11.6 Å². The van der Waals surface area contributed by atoms with Crippen LogP contribution in [0.1, 0.15) is 29.6 Å². The molecule has 2 heterocycles. The van der Waals surface area contributed by atoms with Crippen molar-refractivity contribution in [1.82, 2.24) is 9.29 Å². The molecule has 1 fully saturated rings. The minimum absolute atomic E-state index is 0.206. The quantitative estimate of drug-likeness (QED) is 0.670. The number of sulfonamides is 1. The van der Waals surface area contributed by atoms with E-state index in [1.54, 1.807) is 24.4 Å². The highest BCUT2D eigenvalue weighted by atomic mass is 35.5. The van der Waals surface area contributed by atoms with Gasteiger partial charge in [0.05, 0.1) is 21.1 Å². The molecule has 3 aromatic rings. The Morgan fingerprint density at radius 2 is 1.72 bits per heavy atom. The SMILES string of the molecule is O=C(Nc1ccnc2c(Cl)cccc12)c1ccc(S(=O)(=O)N2CCCCC2)cc1. The topological polar surface area (TPSA) is 79.4 Å². The van der Waals surface area contributed by atoms with Crippen LogP contribution in [0.3, 0.4) is 0 Å². The number of nitrogens with one attached hydrogen (secondary N) is 1. The third-order valence-corrected chi connectivity index (χ3v) is 7.26. The number of piperidine rings is 1. The first-order chi connectivity index (χ1) is 14.0. The maximum absolute atomic E-state index is 12.7. The average Bonchev–Trinajstić information content (AvgIpc) is 2.75. The summed E-state index contributed by atoms with van der Waals surface area (Å²) in [6.07, 6.45) is 4.39. The molecule has 1 amide bonds. The van der Waals surface area contributed by atoms with Crippen LogP contribution in [0, 0.1) is 0 Å². The molecule has 0 atom stereocenters. The number of fused-ring (bicyclic) bond motifs is 1. The van der Waals surface area contributed by atoms with E-state index < -0.39 is 10.0 Å². The molecule has 0 spiro atoms. The van der Waals surface area contributed by atoms with E-state index in [9.17, 15) is 13.2 Å². The monoisotopic (exact) mass is 429 g/mol. The Morgan fingerprint density at radius 3 is 2.45 bits per heavy atom. The Morgan fingerprint density at radius 1 is 1.00 bits per heavy atom. The molecule has 1 aromatic heterocycles. The molecule has 0 saturated carbocycles. The van der Waals surface area contributed by atoms with Crippen LogP contribution in [0.5, 0.6) is 0 Å².